The molecule has 0 radical (unpaired) electrons. The van der Waals surface area contributed by atoms with Crippen LogP contribution in [0.15, 0.2) is 16.9 Å². The summed E-state index contributed by atoms with van der Waals surface area (Å²) in [6.45, 7) is 5.17. The van der Waals surface area contributed by atoms with E-state index >= 15 is 4.39 Å². The number of hydrogen-bond acceptors (Lipinski definition) is 7. The van der Waals surface area contributed by atoms with Gasteiger partial charge in [-0.3, -0.25) is 9.59 Å². The second-order valence-corrected chi connectivity index (χ2v) is 11.6. The molecule has 4 aliphatic rings. The number of esters is 1. The number of nitrogens with zero attached hydrogens (tertiary/aromatic N) is 2. The molecule has 1 unspecified atom stereocenters. The van der Waals surface area contributed by atoms with Gasteiger partial charge in [-0.05, 0) is 68.7 Å². The van der Waals surface area contributed by atoms with Crippen LogP contribution in [0.25, 0.3) is 22.3 Å². The van der Waals surface area contributed by atoms with Crippen molar-refractivity contribution in [3.8, 4) is 11.4 Å². The van der Waals surface area contributed by atoms with Crippen LogP contribution in [0.3, 0.4) is 0 Å². The Morgan fingerprint density at radius 3 is 2.72 bits per heavy atom. The molecule has 1 aromatic carbocycles. The molecule has 3 N–H and O–H groups in total. The summed E-state index contributed by atoms with van der Waals surface area (Å²) in [5.41, 5.74) is -0.00576. The molecule has 2 aliphatic carbocycles. The third-order valence-electron chi connectivity index (χ3n) is 9.24. The minimum absolute atomic E-state index is 0.0166. The number of nitrogens with one attached hydrogen (secondary N) is 1. The van der Waals surface area contributed by atoms with Crippen LogP contribution in [0.2, 0.25) is 0 Å². The summed E-state index contributed by atoms with van der Waals surface area (Å²) in [7, 11) is 0. The summed E-state index contributed by atoms with van der Waals surface area (Å²) in [6, 6.07) is 3.00. The molecule has 4 heterocycles. The summed E-state index contributed by atoms with van der Waals surface area (Å²) < 4.78 is 29.3. The highest BCUT2D eigenvalue weighted by Crippen LogP contribution is 2.48. The molecule has 1 saturated carbocycles. The van der Waals surface area contributed by atoms with E-state index in [-0.39, 0.29) is 36.6 Å². The van der Waals surface area contributed by atoms with E-state index in [1.54, 1.807) is 19.9 Å². The number of carbonyl (C=O) groups excluding carboxylic acids is 2. The van der Waals surface area contributed by atoms with Gasteiger partial charge in [0.25, 0.3) is 11.5 Å². The van der Waals surface area contributed by atoms with Gasteiger partial charge in [0, 0.05) is 22.6 Å². The lowest BCUT2D eigenvalue weighted by atomic mass is 9.74. The van der Waals surface area contributed by atoms with Gasteiger partial charge in [0.15, 0.2) is 5.60 Å². The molecule has 2 aliphatic heterocycles. The number of hydrogen-bond donors (Lipinski definition) is 3. The molecule has 2 aromatic heterocycles. The van der Waals surface area contributed by atoms with Gasteiger partial charge in [-0.25, -0.2) is 14.2 Å². The maximum Gasteiger partial charge on any atom is 0.343 e. The summed E-state index contributed by atoms with van der Waals surface area (Å²) in [4.78, 5) is 44.5. The zero-order valence-corrected chi connectivity index (χ0v) is 21.9. The Bertz CT molecular complexity index is 1770. The molecule has 1 amide bonds. The first-order valence-corrected chi connectivity index (χ1v) is 13.3. The van der Waals surface area contributed by atoms with Crippen molar-refractivity contribution in [2.24, 2.45) is 0 Å². The van der Waals surface area contributed by atoms with E-state index in [4.69, 9.17) is 16.3 Å². The summed E-state index contributed by atoms with van der Waals surface area (Å²) in [6.07, 6.45) is 1.90. The van der Waals surface area contributed by atoms with Crippen molar-refractivity contribution in [2.45, 2.75) is 82.8 Å². The number of rotatable bonds is 4. The number of carbonyl (C=O) groups is 2. The highest BCUT2D eigenvalue weighted by molar-refractivity contribution is 5.95. The van der Waals surface area contributed by atoms with Gasteiger partial charge in [-0.2, -0.15) is 0 Å². The highest BCUT2D eigenvalue weighted by atomic mass is 19.1. The smallest absolute Gasteiger partial charge is 0.343 e. The SMILES string of the molecule is [3H]OC1(C(=O)NC2(C)CCc3c(C)c(F)cc4nc5c(c2c34)Cn2c-5cc3c(c2=O)COC(=O)[C@]3(O)CC)CC1. The maximum absolute atomic E-state index is 15.1. The molecule has 9 nitrogen and oxygen atoms in total. The second kappa shape index (κ2) is 7.51. The number of pyridine rings is 2. The summed E-state index contributed by atoms with van der Waals surface area (Å²) in [5.74, 6) is -1.58. The molecular formula is C29H28FN3O6. The van der Waals surface area contributed by atoms with Gasteiger partial charge in [0.05, 0.1) is 34.6 Å². The number of amides is 1. The average molecular weight is 536 g/mol. The standard InChI is InChI=1S/C29H28FN3O6/c1-4-29(38)17-9-20-23-15(11-33(20)24(34)16(17)12-39-26(29)36)22-21-14(13(2)18(30)10-19(21)31-23)5-6-27(22,3)32-25(35)28(37)7-8-28/h9-10,37-38H,4-8,11-12H2,1-3H3,(H,32,35)/t27?,29-/m0/s1/i37T. The van der Waals surface area contributed by atoms with Gasteiger partial charge in [-0.15, -0.1) is 0 Å². The van der Waals surface area contributed by atoms with Crippen molar-refractivity contribution in [2.75, 3.05) is 0 Å². The number of ether oxygens (including phenoxy) is 1. The minimum atomic E-state index is -1.97. The monoisotopic (exact) mass is 535 g/mol. The predicted molar refractivity (Wildman–Crippen MR) is 137 cm³/mol. The Labute approximate surface area is 224 Å². The van der Waals surface area contributed by atoms with E-state index in [9.17, 15) is 19.5 Å². The molecule has 2 atom stereocenters. The zero-order valence-electron chi connectivity index (χ0n) is 22.9. The fraction of sp³-hybridized carbons (Fsp3) is 0.448. The Hall–Kier alpha value is -3.63. The van der Waals surface area contributed by atoms with Crippen LogP contribution in [-0.2, 0) is 45.0 Å². The first-order valence-electron chi connectivity index (χ1n) is 13.7. The van der Waals surface area contributed by atoms with Gasteiger partial charge in [0.1, 0.15) is 18.0 Å². The lowest BCUT2D eigenvalue weighted by Crippen LogP contribution is -2.50. The van der Waals surface area contributed by atoms with Crippen LogP contribution in [0.5, 0.6) is 0 Å². The van der Waals surface area contributed by atoms with Crippen molar-refractivity contribution < 1.29 is 28.9 Å². The van der Waals surface area contributed by atoms with E-state index in [1.165, 1.54) is 10.6 Å². The fourth-order valence-electron chi connectivity index (χ4n) is 6.64. The van der Waals surface area contributed by atoms with Crippen LogP contribution >= 0.6 is 0 Å². The van der Waals surface area contributed by atoms with Crippen LogP contribution < -0.4 is 10.9 Å². The highest BCUT2D eigenvalue weighted by Gasteiger charge is 2.51. The Kier molecular flexibility index (Phi) is 4.48. The Balaban J connectivity index is 1.50. The molecule has 1 fully saturated rings. The molecular weight excluding hydrogens is 505 g/mol. The largest absolute Gasteiger partial charge is 0.458 e. The number of aliphatic hydroxyl groups is 2. The number of aromatic nitrogens is 2. The lowest BCUT2D eigenvalue weighted by Gasteiger charge is -2.39. The van der Waals surface area contributed by atoms with Gasteiger partial charge < -0.3 is 24.8 Å². The van der Waals surface area contributed by atoms with Gasteiger partial charge in [0.2, 0.25) is 1.43 Å². The predicted octanol–water partition coefficient (Wildman–Crippen LogP) is 2.33. The summed E-state index contributed by atoms with van der Waals surface area (Å²) >= 11 is 0. The van der Waals surface area contributed by atoms with E-state index in [1.807, 2.05) is 6.92 Å². The molecule has 202 valence electrons. The Morgan fingerprint density at radius 1 is 1.26 bits per heavy atom. The van der Waals surface area contributed by atoms with Crippen molar-refractivity contribution in [1.29, 1.82) is 1.43 Å². The number of cyclic esters (lactones) is 1. The first-order chi connectivity index (χ1) is 19.0. The molecule has 7 rings (SSSR count). The van der Waals surface area contributed by atoms with Crippen LogP contribution in [0, 0.1) is 12.7 Å². The van der Waals surface area contributed by atoms with Gasteiger partial charge >= 0.3 is 5.97 Å². The quantitative estimate of drug-likeness (QED) is 0.342. The average Bonchev–Trinajstić information content (AvgIpc) is 3.66. The van der Waals surface area contributed by atoms with E-state index in [2.05, 4.69) is 5.32 Å². The van der Waals surface area contributed by atoms with Crippen molar-refractivity contribution >= 4 is 22.8 Å². The minimum Gasteiger partial charge on any atom is -0.458 e. The van der Waals surface area contributed by atoms with Crippen molar-refractivity contribution in [1.82, 2.24) is 14.9 Å². The fourth-order valence-corrected chi connectivity index (χ4v) is 6.64. The normalized spacial score (nSPS) is 25.9. The van der Waals surface area contributed by atoms with E-state index in [0.29, 0.717) is 53.7 Å². The van der Waals surface area contributed by atoms with Crippen LogP contribution in [0.4, 0.5) is 4.39 Å². The van der Waals surface area contributed by atoms with Crippen molar-refractivity contribution in [3.05, 3.63) is 61.7 Å². The Morgan fingerprint density at radius 2 is 2.03 bits per heavy atom. The van der Waals surface area contributed by atoms with Crippen LogP contribution in [-0.4, -0.2) is 38.7 Å². The maximum atomic E-state index is 15.1. The van der Waals surface area contributed by atoms with E-state index < -0.39 is 34.1 Å². The third kappa shape index (κ3) is 3.07. The third-order valence-corrected chi connectivity index (χ3v) is 9.24. The molecule has 10 heteroatoms. The van der Waals surface area contributed by atoms with E-state index in [0.717, 1.165) is 16.5 Å². The topological polar surface area (TPSA) is 131 Å². The first kappa shape index (κ1) is 23.3. The molecule has 0 bridgehead atoms. The van der Waals surface area contributed by atoms with Crippen molar-refractivity contribution in [3.63, 3.8) is 0 Å². The number of benzene rings is 1. The lowest BCUT2D eigenvalue weighted by molar-refractivity contribution is -0.172. The van der Waals surface area contributed by atoms with Gasteiger partial charge in [-0.1, -0.05) is 6.92 Å². The number of aryl methyl sites for hydroxylation is 1. The molecule has 0 saturated heterocycles. The molecule has 0 spiro atoms. The number of halogens is 1. The van der Waals surface area contributed by atoms with Crippen LogP contribution in [0.1, 0.15) is 72.9 Å². The molecule has 3 aromatic rings. The summed E-state index contributed by atoms with van der Waals surface area (Å²) in [5, 5.41) is 19.9. The zero-order chi connectivity index (χ0) is 28.4. The second-order valence-electron chi connectivity index (χ2n) is 11.6. The number of fused-ring (bicyclic) bond motifs is 5. The molecule has 39 heavy (non-hydrogen) atoms.